The van der Waals surface area contributed by atoms with Crippen LogP contribution in [-0.4, -0.2) is 32.4 Å². The van der Waals surface area contributed by atoms with Gasteiger partial charge in [-0.2, -0.15) is 0 Å². The monoisotopic (exact) mass is 487 g/mol. The standard InChI is InChI=1S/C22H18F2N4O5S/c23-15-6-7-16(24)21-19(15)18-14(10-32-21)20(18)27-22(29)26-17-8-5-13(9-25-17)33-12-3-1-11(2-4-12)28-34(30)31/h1-9,14,18,20,28H,10H2,(H,30,31)(H2,25,26,27,29)/p-1/t14-,18-,20-/m1/s1. The van der Waals surface area contributed by atoms with Gasteiger partial charge in [-0.1, -0.05) is 0 Å². The molecular weight excluding hydrogens is 470 g/mol. The van der Waals surface area contributed by atoms with E-state index in [1.165, 1.54) is 18.3 Å². The minimum atomic E-state index is -2.41. The Hall–Kier alpha value is -3.77. The van der Waals surface area contributed by atoms with E-state index in [1.807, 2.05) is 0 Å². The summed E-state index contributed by atoms with van der Waals surface area (Å²) in [5, 5.41) is 5.36. The van der Waals surface area contributed by atoms with Gasteiger partial charge in [0, 0.05) is 40.4 Å². The largest absolute Gasteiger partial charge is 0.755 e. The van der Waals surface area contributed by atoms with Crippen molar-refractivity contribution in [1.82, 2.24) is 10.3 Å². The maximum atomic E-state index is 14.2. The molecule has 9 nitrogen and oxygen atoms in total. The van der Waals surface area contributed by atoms with E-state index in [9.17, 15) is 22.3 Å². The Balaban J connectivity index is 1.16. The number of rotatable bonds is 6. The molecule has 2 heterocycles. The fourth-order valence-electron chi connectivity index (χ4n) is 4.00. The smallest absolute Gasteiger partial charge is 0.320 e. The van der Waals surface area contributed by atoms with E-state index in [-0.39, 0.29) is 41.6 Å². The molecule has 1 fully saturated rings. The lowest BCUT2D eigenvalue weighted by Crippen LogP contribution is -2.32. The molecule has 34 heavy (non-hydrogen) atoms. The van der Waals surface area contributed by atoms with Gasteiger partial charge in [0.2, 0.25) is 0 Å². The molecule has 2 aromatic carbocycles. The fourth-order valence-corrected chi connectivity index (χ4v) is 4.33. The maximum absolute atomic E-state index is 14.2. The molecule has 1 aromatic heterocycles. The van der Waals surface area contributed by atoms with Crippen LogP contribution in [-0.2, 0) is 11.3 Å². The molecule has 1 unspecified atom stereocenters. The number of carbonyl (C=O) groups is 1. The van der Waals surface area contributed by atoms with Gasteiger partial charge in [-0.15, -0.1) is 0 Å². The van der Waals surface area contributed by atoms with Crippen LogP contribution in [0.2, 0.25) is 0 Å². The highest BCUT2D eigenvalue weighted by Gasteiger charge is 2.57. The number of ether oxygens (including phenoxy) is 2. The number of urea groups is 1. The summed E-state index contributed by atoms with van der Waals surface area (Å²) in [4.78, 5) is 16.5. The van der Waals surface area contributed by atoms with E-state index in [2.05, 4.69) is 20.3 Å². The molecule has 0 radical (unpaired) electrons. The molecular formula is C22H17F2N4O5S-. The topological polar surface area (TPSA) is 125 Å². The van der Waals surface area contributed by atoms with E-state index in [0.717, 1.165) is 12.1 Å². The lowest BCUT2D eigenvalue weighted by molar-refractivity contribution is 0.247. The van der Waals surface area contributed by atoms with Crippen LogP contribution < -0.4 is 24.8 Å². The van der Waals surface area contributed by atoms with Crippen molar-refractivity contribution < 1.29 is 31.8 Å². The number of amides is 2. The second-order valence-electron chi connectivity index (χ2n) is 7.74. The molecule has 0 spiro atoms. The number of anilines is 2. The van der Waals surface area contributed by atoms with Crippen molar-refractivity contribution in [3.05, 3.63) is 71.9 Å². The van der Waals surface area contributed by atoms with Crippen molar-refractivity contribution >= 4 is 28.8 Å². The van der Waals surface area contributed by atoms with Crippen molar-refractivity contribution in [2.75, 3.05) is 16.6 Å². The normalized spacial score (nSPS) is 20.7. The number of benzene rings is 2. The highest BCUT2D eigenvalue weighted by molar-refractivity contribution is 7.80. The predicted octanol–water partition coefficient (Wildman–Crippen LogP) is 3.65. The number of hydrogen-bond acceptors (Lipinski definition) is 6. The summed E-state index contributed by atoms with van der Waals surface area (Å²) >= 11 is -2.41. The molecule has 1 saturated carbocycles. The van der Waals surface area contributed by atoms with Gasteiger partial charge in [-0.05, 0) is 48.5 Å². The molecule has 3 N–H and O–H groups in total. The third kappa shape index (κ3) is 4.50. The molecule has 12 heteroatoms. The molecule has 3 aromatic rings. The first kappa shape index (κ1) is 22.0. The molecule has 0 saturated heterocycles. The third-order valence-electron chi connectivity index (χ3n) is 5.58. The average molecular weight is 487 g/mol. The van der Waals surface area contributed by atoms with Gasteiger partial charge >= 0.3 is 6.03 Å². The highest BCUT2D eigenvalue weighted by atomic mass is 32.2. The molecule has 2 aliphatic rings. The molecule has 176 valence electrons. The Kier molecular flexibility index (Phi) is 5.75. The number of fused-ring (bicyclic) bond motifs is 3. The Morgan fingerprint density at radius 1 is 1.09 bits per heavy atom. The van der Waals surface area contributed by atoms with Gasteiger partial charge in [0.1, 0.15) is 23.1 Å². The van der Waals surface area contributed by atoms with Gasteiger partial charge in [0.25, 0.3) is 0 Å². The molecule has 0 bridgehead atoms. The molecule has 4 atom stereocenters. The minimum absolute atomic E-state index is 0.0884. The summed E-state index contributed by atoms with van der Waals surface area (Å²) in [5.74, 6) is -0.613. The summed E-state index contributed by atoms with van der Waals surface area (Å²) < 4.78 is 62.6. The van der Waals surface area contributed by atoms with Gasteiger partial charge in [-0.3, -0.25) is 9.53 Å². The number of pyridine rings is 1. The fraction of sp³-hybridized carbons (Fsp3) is 0.182. The van der Waals surface area contributed by atoms with Crippen molar-refractivity contribution in [2.24, 2.45) is 5.92 Å². The van der Waals surface area contributed by atoms with E-state index in [0.29, 0.717) is 17.2 Å². The SMILES string of the molecule is O=C(Nc1ccc(Oc2ccc(NS(=O)[O-])cc2)cn1)N[C@@H]1[C@@H]2COc3c(F)ccc(F)c3[C@@H]21. The summed E-state index contributed by atoms with van der Waals surface area (Å²) in [6.07, 6.45) is 1.41. The minimum Gasteiger partial charge on any atom is -0.755 e. The first-order chi connectivity index (χ1) is 16.4. The number of nitrogens with zero attached hydrogens (tertiary/aromatic N) is 1. The van der Waals surface area contributed by atoms with Crippen LogP contribution in [0.5, 0.6) is 17.2 Å². The third-order valence-corrected chi connectivity index (χ3v) is 5.99. The van der Waals surface area contributed by atoms with Crippen molar-refractivity contribution in [3.8, 4) is 17.2 Å². The Morgan fingerprint density at radius 3 is 2.53 bits per heavy atom. The molecule has 1 aliphatic heterocycles. The van der Waals surface area contributed by atoms with E-state index in [4.69, 9.17) is 9.47 Å². The van der Waals surface area contributed by atoms with Crippen LogP contribution >= 0.6 is 0 Å². The van der Waals surface area contributed by atoms with E-state index >= 15 is 0 Å². The molecule has 5 rings (SSSR count). The summed E-state index contributed by atoms with van der Waals surface area (Å²) in [6, 6.07) is 10.6. The van der Waals surface area contributed by atoms with E-state index in [1.54, 1.807) is 24.3 Å². The van der Waals surface area contributed by atoms with Crippen LogP contribution in [0.15, 0.2) is 54.7 Å². The first-order valence-electron chi connectivity index (χ1n) is 10.2. The molecule has 2 amide bonds. The maximum Gasteiger partial charge on any atom is 0.320 e. The Bertz CT molecular complexity index is 1260. The van der Waals surface area contributed by atoms with E-state index < -0.39 is 28.9 Å². The summed E-state index contributed by atoms with van der Waals surface area (Å²) in [5.41, 5.74) is 0.550. The lowest BCUT2D eigenvalue weighted by atomic mass is 10.0. The molecule has 1 aliphatic carbocycles. The Labute approximate surface area is 194 Å². The number of carbonyl (C=O) groups excluding carboxylic acids is 1. The number of hydrogen-bond donors (Lipinski definition) is 3. The van der Waals surface area contributed by atoms with Gasteiger partial charge in [0.15, 0.2) is 11.6 Å². The lowest BCUT2D eigenvalue weighted by Gasteiger charge is -2.16. The van der Waals surface area contributed by atoms with Crippen LogP contribution in [0.1, 0.15) is 11.5 Å². The zero-order valence-electron chi connectivity index (χ0n) is 17.3. The van der Waals surface area contributed by atoms with Gasteiger partial charge < -0.3 is 24.1 Å². The van der Waals surface area contributed by atoms with Gasteiger partial charge in [0.05, 0.1) is 12.8 Å². The van der Waals surface area contributed by atoms with Gasteiger partial charge in [-0.25, -0.2) is 18.6 Å². The number of halogens is 2. The predicted molar refractivity (Wildman–Crippen MR) is 117 cm³/mol. The quantitative estimate of drug-likeness (QED) is 0.456. The number of aromatic nitrogens is 1. The summed E-state index contributed by atoms with van der Waals surface area (Å²) in [6.45, 7) is 0.194. The average Bonchev–Trinajstić information content (AvgIpc) is 3.51. The number of nitrogens with one attached hydrogen (secondary N) is 3. The highest BCUT2D eigenvalue weighted by Crippen LogP contribution is 2.55. The van der Waals surface area contributed by atoms with Crippen LogP contribution in [0, 0.1) is 17.6 Å². The van der Waals surface area contributed by atoms with Crippen LogP contribution in [0.25, 0.3) is 0 Å². The van der Waals surface area contributed by atoms with Crippen molar-refractivity contribution in [2.45, 2.75) is 12.0 Å². The zero-order chi connectivity index (χ0) is 23.8. The van der Waals surface area contributed by atoms with Crippen LogP contribution in [0.3, 0.4) is 0 Å². The first-order valence-corrected chi connectivity index (χ1v) is 11.2. The van der Waals surface area contributed by atoms with Crippen LogP contribution in [0.4, 0.5) is 25.1 Å². The second-order valence-corrected chi connectivity index (χ2v) is 8.41. The Morgan fingerprint density at radius 2 is 1.82 bits per heavy atom. The van der Waals surface area contributed by atoms with Crippen molar-refractivity contribution in [3.63, 3.8) is 0 Å². The zero-order valence-corrected chi connectivity index (χ0v) is 18.1. The summed E-state index contributed by atoms with van der Waals surface area (Å²) in [7, 11) is 0. The van der Waals surface area contributed by atoms with Crippen molar-refractivity contribution in [1.29, 1.82) is 0 Å². The second kappa shape index (κ2) is 8.88.